The molecule has 0 saturated heterocycles. The molecule has 2 nitrogen and oxygen atoms in total. The van der Waals surface area contributed by atoms with Gasteiger partial charge in [0.15, 0.2) is 0 Å². The Kier molecular flexibility index (Phi) is 50.5. The van der Waals surface area contributed by atoms with E-state index in [1.54, 1.807) is 0 Å². The molecule has 0 aliphatic rings. The smallest absolute Gasteiger partial charge is 0.305 e. The standard InChI is InChI=1S/C53H104O2/c1-3-5-7-9-11-13-15-17-19-21-22-23-24-25-26-27-28-29-30-31-32-33-34-36-38-40-42-44-46-48-50-52-55-53(54)51-49-47-45-43-41-39-37-35-20-18-16-14-12-10-8-6-4-2/h14,16H,3-13,15,17-52H2,1-2H3. The summed E-state index contributed by atoms with van der Waals surface area (Å²) < 4.78 is 5.49. The summed E-state index contributed by atoms with van der Waals surface area (Å²) in [5, 5.41) is 0. The molecule has 0 aromatic heterocycles. The second-order valence-electron chi connectivity index (χ2n) is 17.9. The summed E-state index contributed by atoms with van der Waals surface area (Å²) >= 11 is 0. The van der Waals surface area contributed by atoms with E-state index < -0.39 is 0 Å². The molecule has 0 atom stereocenters. The lowest BCUT2D eigenvalue weighted by atomic mass is 10.0. The number of ether oxygens (including phenoxy) is 1. The molecule has 55 heavy (non-hydrogen) atoms. The Bertz CT molecular complexity index is 713. The first-order valence-electron chi connectivity index (χ1n) is 26.1. The highest BCUT2D eigenvalue weighted by Gasteiger charge is 2.03. The minimum Gasteiger partial charge on any atom is -0.466 e. The summed E-state index contributed by atoms with van der Waals surface area (Å²) in [7, 11) is 0. The first kappa shape index (κ1) is 54.2. The van der Waals surface area contributed by atoms with Gasteiger partial charge < -0.3 is 4.74 Å². The van der Waals surface area contributed by atoms with Crippen LogP contribution < -0.4 is 0 Å². The van der Waals surface area contributed by atoms with E-state index in [2.05, 4.69) is 26.0 Å². The van der Waals surface area contributed by atoms with Crippen molar-refractivity contribution in [2.45, 2.75) is 316 Å². The first-order chi connectivity index (χ1) is 27.3. The maximum absolute atomic E-state index is 12.0. The lowest BCUT2D eigenvalue weighted by Gasteiger charge is -2.06. The van der Waals surface area contributed by atoms with Gasteiger partial charge in [-0.05, 0) is 38.5 Å². The van der Waals surface area contributed by atoms with Gasteiger partial charge in [-0.2, -0.15) is 0 Å². The van der Waals surface area contributed by atoms with E-state index in [0.29, 0.717) is 13.0 Å². The number of carbonyl (C=O) groups is 1. The lowest BCUT2D eigenvalue weighted by Crippen LogP contribution is -2.05. The Hall–Kier alpha value is -0.790. The van der Waals surface area contributed by atoms with Crippen molar-refractivity contribution in [2.24, 2.45) is 0 Å². The highest BCUT2D eigenvalue weighted by atomic mass is 16.5. The lowest BCUT2D eigenvalue weighted by molar-refractivity contribution is -0.143. The van der Waals surface area contributed by atoms with Crippen LogP contribution in [0.15, 0.2) is 12.2 Å². The van der Waals surface area contributed by atoms with Crippen molar-refractivity contribution in [3.05, 3.63) is 12.2 Å². The van der Waals surface area contributed by atoms with Gasteiger partial charge >= 0.3 is 5.97 Å². The van der Waals surface area contributed by atoms with Crippen LogP contribution in [0.5, 0.6) is 0 Å². The minimum atomic E-state index is 0.0283. The molecular weight excluding hydrogens is 669 g/mol. The molecule has 0 saturated carbocycles. The van der Waals surface area contributed by atoms with Gasteiger partial charge in [0, 0.05) is 6.42 Å². The Balaban J connectivity index is 3.15. The third kappa shape index (κ3) is 51.2. The molecule has 0 radical (unpaired) electrons. The van der Waals surface area contributed by atoms with E-state index in [-0.39, 0.29) is 5.97 Å². The Morgan fingerprint density at radius 1 is 0.291 bits per heavy atom. The molecule has 2 heteroatoms. The van der Waals surface area contributed by atoms with Crippen molar-refractivity contribution < 1.29 is 9.53 Å². The normalized spacial score (nSPS) is 11.7. The molecule has 0 aliphatic heterocycles. The third-order valence-corrected chi connectivity index (χ3v) is 12.2. The second kappa shape index (κ2) is 51.2. The van der Waals surface area contributed by atoms with Crippen LogP contribution in [0.4, 0.5) is 0 Å². The molecule has 0 unspecified atom stereocenters. The van der Waals surface area contributed by atoms with E-state index in [1.807, 2.05) is 0 Å². The quantitative estimate of drug-likeness (QED) is 0.0350. The number of hydrogen-bond acceptors (Lipinski definition) is 2. The molecule has 0 bridgehead atoms. The zero-order valence-electron chi connectivity index (χ0n) is 38.4. The van der Waals surface area contributed by atoms with Crippen LogP contribution in [0.25, 0.3) is 0 Å². The average molecular weight is 773 g/mol. The fraction of sp³-hybridized carbons (Fsp3) is 0.943. The highest BCUT2D eigenvalue weighted by molar-refractivity contribution is 5.69. The van der Waals surface area contributed by atoms with Crippen molar-refractivity contribution in [1.29, 1.82) is 0 Å². The largest absolute Gasteiger partial charge is 0.466 e. The van der Waals surface area contributed by atoms with E-state index in [9.17, 15) is 4.79 Å². The van der Waals surface area contributed by atoms with E-state index >= 15 is 0 Å². The van der Waals surface area contributed by atoms with Gasteiger partial charge in [-0.15, -0.1) is 0 Å². The van der Waals surface area contributed by atoms with Crippen LogP contribution in [0.2, 0.25) is 0 Å². The van der Waals surface area contributed by atoms with Gasteiger partial charge in [0.1, 0.15) is 0 Å². The summed E-state index contributed by atoms with van der Waals surface area (Å²) in [6.07, 6.45) is 69.4. The Morgan fingerprint density at radius 3 is 0.800 bits per heavy atom. The van der Waals surface area contributed by atoms with Crippen LogP contribution in [0.3, 0.4) is 0 Å². The third-order valence-electron chi connectivity index (χ3n) is 12.2. The van der Waals surface area contributed by atoms with Crippen LogP contribution >= 0.6 is 0 Å². The summed E-state index contributed by atoms with van der Waals surface area (Å²) in [6, 6.07) is 0. The summed E-state index contributed by atoms with van der Waals surface area (Å²) in [5.41, 5.74) is 0. The molecular formula is C53H104O2. The van der Waals surface area contributed by atoms with Gasteiger partial charge in [0.25, 0.3) is 0 Å². The molecule has 0 aromatic carbocycles. The van der Waals surface area contributed by atoms with Gasteiger partial charge in [-0.3, -0.25) is 4.79 Å². The number of carbonyl (C=O) groups excluding carboxylic acids is 1. The second-order valence-corrected chi connectivity index (χ2v) is 17.9. The molecule has 0 rings (SSSR count). The van der Waals surface area contributed by atoms with Gasteiger partial charge in [-0.25, -0.2) is 0 Å². The zero-order valence-corrected chi connectivity index (χ0v) is 38.4. The molecule has 0 amide bonds. The molecule has 0 N–H and O–H groups in total. The predicted molar refractivity (Wildman–Crippen MR) is 248 cm³/mol. The van der Waals surface area contributed by atoms with Crippen molar-refractivity contribution in [1.82, 2.24) is 0 Å². The molecule has 328 valence electrons. The molecule has 0 aromatic rings. The van der Waals surface area contributed by atoms with Crippen molar-refractivity contribution in [3.63, 3.8) is 0 Å². The van der Waals surface area contributed by atoms with E-state index in [1.165, 1.54) is 283 Å². The van der Waals surface area contributed by atoms with E-state index in [0.717, 1.165) is 12.8 Å². The number of hydrogen-bond donors (Lipinski definition) is 0. The topological polar surface area (TPSA) is 26.3 Å². The minimum absolute atomic E-state index is 0.0283. The number of esters is 1. The fourth-order valence-corrected chi connectivity index (χ4v) is 8.25. The molecule has 0 spiro atoms. The van der Waals surface area contributed by atoms with Crippen molar-refractivity contribution in [2.75, 3.05) is 6.61 Å². The summed E-state index contributed by atoms with van der Waals surface area (Å²) in [4.78, 5) is 12.0. The van der Waals surface area contributed by atoms with Crippen LogP contribution in [0.1, 0.15) is 316 Å². The summed E-state index contributed by atoms with van der Waals surface area (Å²) in [6.45, 7) is 5.22. The predicted octanol–water partition coefficient (Wildman–Crippen LogP) is 19.5. The number of allylic oxidation sites excluding steroid dienone is 2. The van der Waals surface area contributed by atoms with Crippen molar-refractivity contribution >= 4 is 5.97 Å². The molecule has 0 aliphatic carbocycles. The van der Waals surface area contributed by atoms with Crippen LogP contribution in [-0.4, -0.2) is 12.6 Å². The van der Waals surface area contributed by atoms with Crippen molar-refractivity contribution in [3.8, 4) is 0 Å². The average Bonchev–Trinajstić information content (AvgIpc) is 3.19. The van der Waals surface area contributed by atoms with E-state index in [4.69, 9.17) is 4.74 Å². The maximum Gasteiger partial charge on any atom is 0.305 e. The van der Waals surface area contributed by atoms with Gasteiger partial charge in [-0.1, -0.05) is 283 Å². The molecule has 0 heterocycles. The SMILES string of the molecule is CCCCCCC=CCCCCCCCCCCCC(=O)OCCCCCCCCCCCCCCCCCCCCCCCCCCCCCCCCC. The fourth-order valence-electron chi connectivity index (χ4n) is 8.25. The first-order valence-corrected chi connectivity index (χ1v) is 26.1. The Morgan fingerprint density at radius 2 is 0.509 bits per heavy atom. The monoisotopic (exact) mass is 773 g/mol. The van der Waals surface area contributed by atoms with Crippen LogP contribution in [0, 0.1) is 0 Å². The van der Waals surface area contributed by atoms with Gasteiger partial charge in [0.2, 0.25) is 0 Å². The highest BCUT2D eigenvalue weighted by Crippen LogP contribution is 2.17. The molecule has 0 fully saturated rings. The number of unbranched alkanes of at least 4 members (excludes halogenated alkanes) is 43. The Labute approximate surface area is 348 Å². The van der Waals surface area contributed by atoms with Crippen LogP contribution in [-0.2, 0) is 9.53 Å². The maximum atomic E-state index is 12.0. The van der Waals surface area contributed by atoms with Gasteiger partial charge in [0.05, 0.1) is 6.61 Å². The number of rotatable bonds is 49. The summed E-state index contributed by atoms with van der Waals surface area (Å²) in [5.74, 6) is 0.0283. The zero-order chi connectivity index (χ0) is 39.6.